The molecule has 1 heterocycles. The van der Waals surface area contributed by atoms with Crippen LogP contribution >= 0.6 is 0 Å². The molecule has 5 heteroatoms. The monoisotopic (exact) mass is 297 g/mol. The van der Waals surface area contributed by atoms with Crippen molar-refractivity contribution in [2.45, 2.75) is 32.3 Å². The number of rotatable bonds is 2. The first-order valence-electron chi connectivity index (χ1n) is 7.35. The fourth-order valence-corrected chi connectivity index (χ4v) is 2.96. The second-order valence-electron chi connectivity index (χ2n) is 6.09. The van der Waals surface area contributed by atoms with E-state index in [2.05, 4.69) is 36.0 Å². The van der Waals surface area contributed by atoms with Crippen LogP contribution in [0.2, 0.25) is 0 Å². The number of nitriles is 1. The van der Waals surface area contributed by atoms with Crippen LogP contribution in [0.5, 0.6) is 5.75 Å². The quantitative estimate of drug-likeness (QED) is 0.786. The summed E-state index contributed by atoms with van der Waals surface area (Å²) in [6.45, 7) is 4.82. The van der Waals surface area contributed by atoms with E-state index < -0.39 is 0 Å². The molecule has 0 spiro atoms. The van der Waals surface area contributed by atoms with Crippen molar-refractivity contribution in [2.24, 2.45) is 5.16 Å². The lowest BCUT2D eigenvalue weighted by Gasteiger charge is -2.41. The minimum Gasteiger partial charge on any atom is -0.484 e. The summed E-state index contributed by atoms with van der Waals surface area (Å²) in [6.07, 6.45) is 3.99. The van der Waals surface area contributed by atoms with Crippen molar-refractivity contribution in [1.29, 1.82) is 5.26 Å². The van der Waals surface area contributed by atoms with E-state index in [4.69, 9.17) is 14.8 Å². The molecule has 3 rings (SSSR count). The van der Waals surface area contributed by atoms with Gasteiger partial charge in [-0.05, 0) is 44.9 Å². The molecule has 0 unspecified atom stereocenters. The second-order valence-corrected chi connectivity index (χ2v) is 6.09. The summed E-state index contributed by atoms with van der Waals surface area (Å²) >= 11 is 0. The van der Waals surface area contributed by atoms with Gasteiger partial charge in [-0.2, -0.15) is 5.26 Å². The molecule has 22 heavy (non-hydrogen) atoms. The van der Waals surface area contributed by atoms with Gasteiger partial charge >= 0.3 is 0 Å². The van der Waals surface area contributed by atoms with E-state index in [9.17, 15) is 0 Å². The number of oxime groups is 1. The molecule has 0 bridgehead atoms. The number of hydrogen-bond donors (Lipinski definition) is 0. The second kappa shape index (κ2) is 5.38. The van der Waals surface area contributed by atoms with Gasteiger partial charge in [0.1, 0.15) is 24.2 Å². The highest BCUT2D eigenvalue weighted by molar-refractivity contribution is 6.05. The molecule has 0 saturated heterocycles. The molecular weight excluding hydrogens is 278 g/mol. The first-order chi connectivity index (χ1) is 10.5. The van der Waals surface area contributed by atoms with E-state index >= 15 is 0 Å². The highest BCUT2D eigenvalue weighted by Crippen LogP contribution is 2.41. The van der Waals surface area contributed by atoms with E-state index in [1.54, 1.807) is 13.2 Å². The van der Waals surface area contributed by atoms with Crippen molar-refractivity contribution in [3.8, 4) is 11.8 Å². The molecule has 1 aromatic rings. The van der Waals surface area contributed by atoms with Crippen LogP contribution in [0.15, 0.2) is 35.1 Å². The first kappa shape index (κ1) is 14.5. The molecule has 114 valence electrons. The molecule has 0 amide bonds. The zero-order valence-corrected chi connectivity index (χ0v) is 13.1. The van der Waals surface area contributed by atoms with Gasteiger partial charge in [0, 0.05) is 0 Å². The predicted octanol–water partition coefficient (Wildman–Crippen LogP) is 3.22. The lowest BCUT2D eigenvalue weighted by molar-refractivity contribution is 0.108. The van der Waals surface area contributed by atoms with E-state index in [1.807, 2.05) is 12.1 Å². The number of allylic oxidation sites excluding steroid dienone is 2. The molecule has 0 N–H and O–H groups in total. The van der Waals surface area contributed by atoms with Crippen LogP contribution in [0, 0.1) is 11.3 Å². The van der Waals surface area contributed by atoms with E-state index in [0.29, 0.717) is 12.1 Å². The summed E-state index contributed by atoms with van der Waals surface area (Å²) in [5.41, 5.74) is 3.21. The summed E-state index contributed by atoms with van der Waals surface area (Å²) < 4.78 is 6.05. The van der Waals surface area contributed by atoms with Crippen molar-refractivity contribution in [3.63, 3.8) is 0 Å². The van der Waals surface area contributed by atoms with Gasteiger partial charge in [0.2, 0.25) is 0 Å². The topological polar surface area (TPSA) is 57.9 Å². The lowest BCUT2D eigenvalue weighted by atomic mass is 10.0. The van der Waals surface area contributed by atoms with Gasteiger partial charge in [-0.1, -0.05) is 11.2 Å². The maximum absolute atomic E-state index is 9.16. The average molecular weight is 297 g/mol. The van der Waals surface area contributed by atoms with Crippen LogP contribution in [-0.4, -0.2) is 25.0 Å². The third-order valence-electron chi connectivity index (χ3n) is 3.81. The number of hydrogen-bond acceptors (Lipinski definition) is 5. The molecule has 1 aromatic carbocycles. The highest BCUT2D eigenvalue weighted by atomic mass is 16.6. The number of ether oxygens (including phenoxy) is 1. The van der Waals surface area contributed by atoms with Gasteiger partial charge in [-0.3, -0.25) is 0 Å². The summed E-state index contributed by atoms with van der Waals surface area (Å²) in [5.74, 6) is 0.791. The summed E-state index contributed by atoms with van der Waals surface area (Å²) in [4.78, 5) is 7.15. The molecular formula is C17H19N3O2. The maximum atomic E-state index is 9.16. The van der Waals surface area contributed by atoms with Gasteiger partial charge in [0.25, 0.3) is 0 Å². The maximum Gasteiger partial charge on any atom is 0.143 e. The summed E-state index contributed by atoms with van der Waals surface area (Å²) in [5, 5.41) is 13.3. The summed E-state index contributed by atoms with van der Waals surface area (Å²) in [6, 6.07) is 7.71. The van der Waals surface area contributed by atoms with Crippen molar-refractivity contribution < 1.29 is 9.57 Å². The van der Waals surface area contributed by atoms with Crippen molar-refractivity contribution in [2.75, 3.05) is 18.6 Å². The molecule has 0 saturated carbocycles. The van der Waals surface area contributed by atoms with Gasteiger partial charge in [-0.15, -0.1) is 0 Å². The Morgan fingerprint density at radius 1 is 1.41 bits per heavy atom. The zero-order valence-electron chi connectivity index (χ0n) is 13.1. The molecule has 1 aliphatic carbocycles. The lowest BCUT2D eigenvalue weighted by Crippen LogP contribution is -2.47. The average Bonchev–Trinajstić information content (AvgIpc) is 2.93. The van der Waals surface area contributed by atoms with Crippen molar-refractivity contribution in [3.05, 3.63) is 35.5 Å². The van der Waals surface area contributed by atoms with Gasteiger partial charge in [0.05, 0.1) is 29.6 Å². The Balaban J connectivity index is 2.08. The van der Waals surface area contributed by atoms with Crippen molar-refractivity contribution >= 4 is 11.4 Å². The third-order valence-corrected chi connectivity index (χ3v) is 3.81. The fraction of sp³-hybridized carbons (Fsp3) is 0.412. The van der Waals surface area contributed by atoms with Gasteiger partial charge in [-0.25, -0.2) is 0 Å². The fourth-order valence-electron chi connectivity index (χ4n) is 2.96. The van der Waals surface area contributed by atoms with E-state index in [0.717, 1.165) is 35.7 Å². The standard InChI is InChI=1S/C17H19N3O2/c1-17(2)11-20(14-6-4-5-13(14)19-21-3)15-9-12(10-18)7-8-16(15)22-17/h6-9H,4-5,11H2,1-3H3/b19-13+. The number of fused-ring (bicyclic) bond motifs is 1. The SMILES string of the molecule is CO/N=C1\CCC=C1N1CC(C)(C)Oc2ccc(C#N)cc21. The van der Waals surface area contributed by atoms with E-state index in [1.165, 1.54) is 0 Å². The minimum absolute atomic E-state index is 0.317. The predicted molar refractivity (Wildman–Crippen MR) is 85.0 cm³/mol. The van der Waals surface area contributed by atoms with Gasteiger partial charge in [0.15, 0.2) is 0 Å². The van der Waals surface area contributed by atoms with Crippen LogP contribution in [-0.2, 0) is 4.84 Å². The zero-order chi connectivity index (χ0) is 15.7. The minimum atomic E-state index is -0.317. The molecule has 2 aliphatic rings. The van der Waals surface area contributed by atoms with Crippen LogP contribution in [0.1, 0.15) is 32.3 Å². The Hall–Kier alpha value is -2.48. The summed E-state index contributed by atoms with van der Waals surface area (Å²) in [7, 11) is 1.56. The van der Waals surface area contributed by atoms with Crippen LogP contribution in [0.25, 0.3) is 0 Å². The van der Waals surface area contributed by atoms with Crippen LogP contribution in [0.3, 0.4) is 0 Å². The molecule has 0 atom stereocenters. The number of anilines is 1. The Kier molecular flexibility index (Phi) is 3.53. The Morgan fingerprint density at radius 2 is 2.23 bits per heavy atom. The molecule has 0 aromatic heterocycles. The smallest absolute Gasteiger partial charge is 0.143 e. The number of nitrogens with zero attached hydrogens (tertiary/aromatic N) is 3. The third kappa shape index (κ3) is 2.52. The van der Waals surface area contributed by atoms with Crippen LogP contribution < -0.4 is 9.64 Å². The molecule has 1 aliphatic heterocycles. The molecule has 0 fully saturated rings. The normalized spacial score (nSPS) is 20.9. The van der Waals surface area contributed by atoms with Crippen molar-refractivity contribution in [1.82, 2.24) is 0 Å². The molecule has 0 radical (unpaired) electrons. The van der Waals surface area contributed by atoms with Crippen LogP contribution in [0.4, 0.5) is 5.69 Å². The Bertz CT molecular complexity index is 698. The number of benzene rings is 1. The Labute approximate surface area is 130 Å². The Morgan fingerprint density at radius 3 is 2.95 bits per heavy atom. The highest BCUT2D eigenvalue weighted by Gasteiger charge is 2.35. The molecule has 5 nitrogen and oxygen atoms in total. The van der Waals surface area contributed by atoms with Gasteiger partial charge < -0.3 is 14.5 Å². The van der Waals surface area contributed by atoms with E-state index in [-0.39, 0.29) is 5.60 Å². The largest absolute Gasteiger partial charge is 0.484 e. The first-order valence-corrected chi connectivity index (χ1v) is 7.35.